The highest BCUT2D eigenvalue weighted by Crippen LogP contribution is 2.55. The van der Waals surface area contributed by atoms with Crippen LogP contribution in [0.15, 0.2) is 65.6 Å². The van der Waals surface area contributed by atoms with E-state index in [9.17, 15) is 13.2 Å². The molecule has 1 atom stereocenters. The van der Waals surface area contributed by atoms with Crippen molar-refractivity contribution in [1.82, 2.24) is 15.3 Å². The highest BCUT2D eigenvalue weighted by Gasteiger charge is 2.58. The third-order valence-corrected chi connectivity index (χ3v) is 10.0. The molecule has 0 spiro atoms. The number of nitrogens with zero attached hydrogens (tertiary/aromatic N) is 3. The first-order valence-electron chi connectivity index (χ1n) is 13.7. The van der Waals surface area contributed by atoms with E-state index in [0.29, 0.717) is 79.0 Å². The van der Waals surface area contributed by atoms with E-state index in [4.69, 9.17) is 19.8 Å². The molecule has 1 aliphatic carbocycles. The van der Waals surface area contributed by atoms with Gasteiger partial charge in [-0.1, -0.05) is 25.1 Å². The number of carbonyl (C=O) groups is 1. The molecule has 11 heteroatoms. The van der Waals surface area contributed by atoms with Crippen molar-refractivity contribution in [2.24, 2.45) is 0 Å². The Morgan fingerprint density at radius 3 is 2.55 bits per heavy atom. The van der Waals surface area contributed by atoms with Crippen molar-refractivity contribution in [3.05, 3.63) is 66.4 Å². The predicted octanol–water partition coefficient (Wildman–Crippen LogP) is 3.73. The summed E-state index contributed by atoms with van der Waals surface area (Å²) in [6.45, 7) is 4.29. The van der Waals surface area contributed by atoms with Gasteiger partial charge in [-0.25, -0.2) is 23.2 Å². The molecule has 2 fully saturated rings. The summed E-state index contributed by atoms with van der Waals surface area (Å²) in [5.41, 5.74) is 1.80. The zero-order valence-corrected chi connectivity index (χ0v) is 23.4. The van der Waals surface area contributed by atoms with Crippen molar-refractivity contribution in [2.75, 3.05) is 43.1 Å². The molecule has 2 aliphatic rings. The predicted molar refractivity (Wildman–Crippen MR) is 153 cm³/mol. The Kier molecular flexibility index (Phi) is 8.34. The molecule has 1 aliphatic heterocycles. The van der Waals surface area contributed by atoms with Gasteiger partial charge in [-0.15, -0.1) is 0 Å². The van der Waals surface area contributed by atoms with E-state index >= 15 is 0 Å². The molecule has 3 N–H and O–H groups in total. The number of ether oxygens (including phenoxy) is 1. The minimum atomic E-state index is -3.68. The lowest BCUT2D eigenvalue weighted by Gasteiger charge is -2.36. The lowest BCUT2D eigenvalue weighted by molar-refractivity contribution is 0.0925. The molecule has 5 rings (SSSR count). The Bertz CT molecular complexity index is 1430. The number of morpholine rings is 1. The first-order chi connectivity index (χ1) is 19.4. The Hall–Kier alpha value is -3.54. The van der Waals surface area contributed by atoms with Crippen LogP contribution in [0, 0.1) is 0 Å². The molecular weight excluding hydrogens is 530 g/mol. The highest BCUT2D eigenvalue weighted by molar-refractivity contribution is 7.92. The van der Waals surface area contributed by atoms with E-state index < -0.39 is 14.6 Å². The summed E-state index contributed by atoms with van der Waals surface area (Å²) < 4.78 is 32.3. The van der Waals surface area contributed by atoms with Gasteiger partial charge in [0, 0.05) is 37.0 Å². The number of carbonyl (C=O) groups excluding carboxylic acids is 1. The maximum absolute atomic E-state index is 13.9. The first kappa shape index (κ1) is 28.0. The molecule has 2 heterocycles. The van der Waals surface area contributed by atoms with E-state index in [2.05, 4.69) is 22.5 Å². The normalized spacial score (nSPS) is 18.2. The largest absolute Gasteiger partial charge is 0.396 e. The number of aromatic nitrogens is 2. The second-order valence-electron chi connectivity index (χ2n) is 10.1. The van der Waals surface area contributed by atoms with Gasteiger partial charge in [-0.05, 0) is 62.1 Å². The van der Waals surface area contributed by atoms with Gasteiger partial charge in [0.25, 0.3) is 0 Å². The second kappa shape index (κ2) is 11.9. The Balaban J connectivity index is 1.51. The molecule has 2 aromatic carbocycles. The standard InChI is InChI=1S/C29H35N5O5S/c1-2-23-20-39-18-16-34(23)26-19-25(29(13-14-29)40(37,38)24-7-4-3-5-8-24)32-27(33-26)21-9-11-22(12-10-21)31-28(36)30-15-6-17-35/h3-5,7-12,19,23,35H,2,6,13-18,20H2,1H3,(H2,30,31,36)/t23-/m0/s1. The van der Waals surface area contributed by atoms with Gasteiger partial charge in [0.15, 0.2) is 15.7 Å². The quantitative estimate of drug-likeness (QED) is 0.317. The second-order valence-corrected chi connectivity index (χ2v) is 12.4. The minimum absolute atomic E-state index is 0.00736. The van der Waals surface area contributed by atoms with Gasteiger partial charge in [-0.2, -0.15) is 0 Å². The van der Waals surface area contributed by atoms with Crippen molar-refractivity contribution in [2.45, 2.75) is 48.3 Å². The van der Waals surface area contributed by atoms with Crippen LogP contribution in [0.25, 0.3) is 11.4 Å². The number of urea groups is 1. The molecular formula is C29H35N5O5S. The smallest absolute Gasteiger partial charge is 0.319 e. The number of rotatable bonds is 10. The van der Waals surface area contributed by atoms with Crippen LogP contribution in [0.5, 0.6) is 0 Å². The van der Waals surface area contributed by atoms with Crippen LogP contribution in [0.1, 0.15) is 38.3 Å². The fourth-order valence-electron chi connectivity index (χ4n) is 5.00. The Morgan fingerprint density at radius 2 is 1.88 bits per heavy atom. The van der Waals surface area contributed by atoms with Crippen LogP contribution < -0.4 is 15.5 Å². The summed E-state index contributed by atoms with van der Waals surface area (Å²) in [4.78, 5) is 24.3. The monoisotopic (exact) mass is 565 g/mol. The van der Waals surface area contributed by atoms with Gasteiger partial charge >= 0.3 is 6.03 Å². The highest BCUT2D eigenvalue weighted by atomic mass is 32.2. The van der Waals surface area contributed by atoms with Gasteiger partial charge in [0.05, 0.1) is 29.8 Å². The molecule has 1 aromatic heterocycles. The van der Waals surface area contributed by atoms with Crippen LogP contribution in [0.2, 0.25) is 0 Å². The average Bonchev–Trinajstić information content (AvgIpc) is 3.81. The molecule has 0 bridgehead atoms. The number of aliphatic hydroxyl groups excluding tert-OH is 1. The number of benzene rings is 2. The molecule has 10 nitrogen and oxygen atoms in total. The van der Waals surface area contributed by atoms with Crippen molar-refractivity contribution in [3.8, 4) is 11.4 Å². The maximum Gasteiger partial charge on any atom is 0.319 e. The molecule has 212 valence electrons. The zero-order chi connectivity index (χ0) is 28.2. The fraction of sp³-hybridized carbons (Fsp3) is 0.414. The summed E-state index contributed by atoms with van der Waals surface area (Å²) in [5, 5.41) is 14.3. The number of sulfone groups is 1. The minimum Gasteiger partial charge on any atom is -0.396 e. The summed E-state index contributed by atoms with van der Waals surface area (Å²) in [7, 11) is -3.68. The molecule has 1 saturated heterocycles. The van der Waals surface area contributed by atoms with Crippen molar-refractivity contribution in [3.63, 3.8) is 0 Å². The topological polar surface area (TPSA) is 134 Å². The van der Waals surface area contributed by atoms with Gasteiger partial charge in [-0.3, -0.25) is 0 Å². The van der Waals surface area contributed by atoms with Crippen LogP contribution >= 0.6 is 0 Å². The van der Waals surface area contributed by atoms with E-state index in [0.717, 1.165) is 6.42 Å². The van der Waals surface area contributed by atoms with E-state index in [-0.39, 0.29) is 18.7 Å². The van der Waals surface area contributed by atoms with Crippen LogP contribution in [0.4, 0.5) is 16.3 Å². The van der Waals surface area contributed by atoms with Gasteiger partial charge < -0.3 is 25.4 Å². The number of hydrogen-bond donors (Lipinski definition) is 3. The molecule has 40 heavy (non-hydrogen) atoms. The molecule has 0 radical (unpaired) electrons. The summed E-state index contributed by atoms with van der Waals surface area (Å²) in [6, 6.07) is 17.3. The zero-order valence-electron chi connectivity index (χ0n) is 22.5. The number of amides is 2. The number of hydrogen-bond acceptors (Lipinski definition) is 8. The molecule has 0 unspecified atom stereocenters. The molecule has 1 saturated carbocycles. The maximum atomic E-state index is 13.9. The average molecular weight is 566 g/mol. The third kappa shape index (κ3) is 5.67. The summed E-state index contributed by atoms with van der Waals surface area (Å²) >= 11 is 0. The van der Waals surface area contributed by atoms with Crippen molar-refractivity contribution < 1.29 is 23.1 Å². The number of aliphatic hydroxyl groups is 1. The Morgan fingerprint density at radius 1 is 1.12 bits per heavy atom. The fourth-order valence-corrected chi connectivity index (χ4v) is 6.98. The number of anilines is 2. The summed E-state index contributed by atoms with van der Waals surface area (Å²) in [5.74, 6) is 1.12. The van der Waals surface area contributed by atoms with E-state index in [1.807, 2.05) is 18.2 Å². The summed E-state index contributed by atoms with van der Waals surface area (Å²) in [6.07, 6.45) is 2.33. The molecule has 2 amide bonds. The number of nitrogens with one attached hydrogen (secondary N) is 2. The lowest BCUT2D eigenvalue weighted by atomic mass is 10.1. The van der Waals surface area contributed by atoms with Gasteiger partial charge in [0.1, 0.15) is 10.6 Å². The van der Waals surface area contributed by atoms with Crippen LogP contribution in [0.3, 0.4) is 0 Å². The van der Waals surface area contributed by atoms with Gasteiger partial charge in [0.2, 0.25) is 0 Å². The van der Waals surface area contributed by atoms with Crippen molar-refractivity contribution >= 4 is 27.4 Å². The Labute approximate surface area is 234 Å². The SMILES string of the molecule is CC[C@H]1COCCN1c1cc(C2(S(=O)(=O)c3ccccc3)CC2)nc(-c2ccc(NC(=O)NCCCO)cc2)n1. The van der Waals surface area contributed by atoms with E-state index in [1.165, 1.54) is 0 Å². The van der Waals surface area contributed by atoms with Crippen molar-refractivity contribution in [1.29, 1.82) is 0 Å². The van der Waals surface area contributed by atoms with E-state index in [1.54, 1.807) is 42.5 Å². The third-order valence-electron chi connectivity index (χ3n) is 7.47. The van der Waals surface area contributed by atoms with Crippen LogP contribution in [-0.4, -0.2) is 68.5 Å². The lowest BCUT2D eigenvalue weighted by Crippen LogP contribution is -2.45. The molecule has 3 aromatic rings. The van der Waals surface area contributed by atoms with Crippen LogP contribution in [-0.2, 0) is 19.3 Å². The first-order valence-corrected chi connectivity index (χ1v) is 15.2.